The van der Waals surface area contributed by atoms with Gasteiger partial charge < -0.3 is 14.9 Å². The molecule has 1 heterocycles. The molecule has 1 aliphatic heterocycles. The third-order valence-corrected chi connectivity index (χ3v) is 4.18. The van der Waals surface area contributed by atoms with E-state index in [-0.39, 0.29) is 6.42 Å². The molecule has 1 aliphatic rings. The zero-order valence-electron chi connectivity index (χ0n) is 12.8. The van der Waals surface area contributed by atoms with Crippen molar-refractivity contribution in [3.8, 4) is 11.5 Å². The first-order valence-electron chi connectivity index (χ1n) is 7.19. The van der Waals surface area contributed by atoms with Gasteiger partial charge in [0.05, 0.1) is 6.42 Å². The number of carboxylic acids is 1. The predicted octanol–water partition coefficient (Wildman–Crippen LogP) is 3.43. The standard InChI is InChI=1S/C18H18O4/c1-9-6-12(8-15(19)20)18-14(7-9)16(21)13-5-4-10(2)11(3)17(13)22-18/h4-7,16,21H,8H2,1-3H3,(H,19,20). The number of ether oxygens (including phenoxy) is 1. The van der Waals surface area contributed by atoms with Crippen LogP contribution in [0.1, 0.15) is 39.5 Å². The Morgan fingerprint density at radius 1 is 1.14 bits per heavy atom. The average molecular weight is 298 g/mol. The number of aliphatic hydroxyl groups is 1. The Bertz CT molecular complexity index is 777. The summed E-state index contributed by atoms with van der Waals surface area (Å²) < 4.78 is 6.02. The average Bonchev–Trinajstić information content (AvgIpc) is 2.44. The molecule has 3 rings (SSSR count). The molecule has 1 atom stereocenters. The number of hydrogen-bond acceptors (Lipinski definition) is 3. The van der Waals surface area contributed by atoms with Crippen LogP contribution >= 0.6 is 0 Å². The Kier molecular flexibility index (Phi) is 3.41. The second-order valence-electron chi connectivity index (χ2n) is 5.84. The minimum atomic E-state index is -0.919. The smallest absolute Gasteiger partial charge is 0.307 e. The van der Waals surface area contributed by atoms with Crippen molar-refractivity contribution in [2.24, 2.45) is 0 Å². The third kappa shape index (κ3) is 2.25. The van der Waals surface area contributed by atoms with Crippen molar-refractivity contribution in [2.75, 3.05) is 0 Å². The largest absolute Gasteiger partial charge is 0.481 e. The Labute approximate surface area is 129 Å². The molecule has 0 fully saturated rings. The van der Waals surface area contributed by atoms with Crippen molar-refractivity contribution in [2.45, 2.75) is 33.3 Å². The lowest BCUT2D eigenvalue weighted by molar-refractivity contribution is -0.136. The summed E-state index contributed by atoms with van der Waals surface area (Å²) in [7, 11) is 0. The molecule has 0 spiro atoms. The summed E-state index contributed by atoms with van der Waals surface area (Å²) in [4.78, 5) is 11.1. The number of aryl methyl sites for hydroxylation is 2. The highest BCUT2D eigenvalue weighted by atomic mass is 16.5. The summed E-state index contributed by atoms with van der Waals surface area (Å²) in [6.45, 7) is 5.80. The van der Waals surface area contributed by atoms with Crippen LogP contribution in [0, 0.1) is 20.8 Å². The minimum absolute atomic E-state index is 0.128. The highest BCUT2D eigenvalue weighted by Crippen LogP contribution is 2.47. The zero-order valence-corrected chi connectivity index (χ0v) is 12.8. The first-order chi connectivity index (χ1) is 10.4. The lowest BCUT2D eigenvalue weighted by Crippen LogP contribution is -2.14. The molecule has 0 saturated heterocycles. The van der Waals surface area contributed by atoms with E-state index in [2.05, 4.69) is 0 Å². The van der Waals surface area contributed by atoms with Crippen LogP contribution in [0.2, 0.25) is 0 Å². The first-order valence-corrected chi connectivity index (χ1v) is 7.19. The van der Waals surface area contributed by atoms with Crippen molar-refractivity contribution in [1.82, 2.24) is 0 Å². The summed E-state index contributed by atoms with van der Waals surface area (Å²) >= 11 is 0. The van der Waals surface area contributed by atoms with Crippen LogP contribution in [0.5, 0.6) is 11.5 Å². The highest BCUT2D eigenvalue weighted by molar-refractivity contribution is 5.73. The SMILES string of the molecule is Cc1cc(CC(=O)O)c2c(c1)C(O)c1ccc(C)c(C)c1O2. The molecule has 0 radical (unpaired) electrons. The number of carboxylic acid groups (broad SMARTS) is 1. The second kappa shape index (κ2) is 5.14. The number of carbonyl (C=O) groups is 1. The molecule has 4 nitrogen and oxygen atoms in total. The van der Waals surface area contributed by atoms with Gasteiger partial charge in [-0.25, -0.2) is 0 Å². The molecule has 114 valence electrons. The Morgan fingerprint density at radius 2 is 1.86 bits per heavy atom. The Morgan fingerprint density at radius 3 is 2.55 bits per heavy atom. The fraction of sp³-hybridized carbons (Fsp3) is 0.278. The molecule has 2 N–H and O–H groups in total. The first kappa shape index (κ1) is 14.6. The lowest BCUT2D eigenvalue weighted by Gasteiger charge is -2.28. The molecule has 2 aromatic carbocycles. The Balaban J connectivity index is 2.20. The van der Waals surface area contributed by atoms with Gasteiger partial charge in [-0.05, 0) is 38.0 Å². The van der Waals surface area contributed by atoms with Gasteiger partial charge in [-0.15, -0.1) is 0 Å². The quantitative estimate of drug-likeness (QED) is 0.891. The zero-order chi connectivity index (χ0) is 16.0. The summed E-state index contributed by atoms with van der Waals surface area (Å²) in [5.74, 6) is 0.190. The molecule has 0 aromatic heterocycles. The predicted molar refractivity (Wildman–Crippen MR) is 82.6 cm³/mol. The van der Waals surface area contributed by atoms with E-state index in [0.29, 0.717) is 22.6 Å². The minimum Gasteiger partial charge on any atom is -0.481 e. The van der Waals surface area contributed by atoms with Crippen LogP contribution in [0.25, 0.3) is 0 Å². The van der Waals surface area contributed by atoms with E-state index in [1.807, 2.05) is 39.0 Å². The van der Waals surface area contributed by atoms with Gasteiger partial charge in [-0.3, -0.25) is 4.79 Å². The van der Waals surface area contributed by atoms with Crippen molar-refractivity contribution in [1.29, 1.82) is 0 Å². The molecule has 0 saturated carbocycles. The molecule has 0 aliphatic carbocycles. The number of rotatable bonds is 2. The van der Waals surface area contributed by atoms with Gasteiger partial charge in [-0.2, -0.15) is 0 Å². The second-order valence-corrected chi connectivity index (χ2v) is 5.84. The van der Waals surface area contributed by atoms with Crippen molar-refractivity contribution < 1.29 is 19.7 Å². The van der Waals surface area contributed by atoms with E-state index >= 15 is 0 Å². The molecular formula is C18H18O4. The third-order valence-electron chi connectivity index (χ3n) is 4.18. The number of aliphatic carboxylic acids is 1. The van der Waals surface area contributed by atoms with Gasteiger partial charge in [0, 0.05) is 16.7 Å². The molecule has 4 heteroatoms. The summed E-state index contributed by atoms with van der Waals surface area (Å²) in [5, 5.41) is 19.8. The maximum Gasteiger partial charge on any atom is 0.307 e. The fourth-order valence-corrected chi connectivity index (χ4v) is 2.93. The van der Waals surface area contributed by atoms with Gasteiger partial charge in [0.1, 0.15) is 17.6 Å². The van der Waals surface area contributed by atoms with Gasteiger partial charge in [0.15, 0.2) is 0 Å². The van der Waals surface area contributed by atoms with E-state index in [4.69, 9.17) is 9.84 Å². The van der Waals surface area contributed by atoms with Crippen LogP contribution in [0.3, 0.4) is 0 Å². The lowest BCUT2D eigenvalue weighted by atomic mass is 9.90. The maximum atomic E-state index is 11.1. The number of fused-ring (bicyclic) bond motifs is 2. The summed E-state index contributed by atoms with van der Waals surface area (Å²) in [6, 6.07) is 7.48. The van der Waals surface area contributed by atoms with Crippen molar-refractivity contribution in [3.05, 3.63) is 57.6 Å². The van der Waals surface area contributed by atoms with Crippen LogP contribution in [0.4, 0.5) is 0 Å². The van der Waals surface area contributed by atoms with Gasteiger partial charge in [-0.1, -0.05) is 23.8 Å². The van der Waals surface area contributed by atoms with Crippen LogP contribution in [-0.4, -0.2) is 16.2 Å². The monoisotopic (exact) mass is 298 g/mol. The van der Waals surface area contributed by atoms with E-state index in [0.717, 1.165) is 22.3 Å². The van der Waals surface area contributed by atoms with Gasteiger partial charge >= 0.3 is 5.97 Å². The summed E-state index contributed by atoms with van der Waals surface area (Å²) in [5.41, 5.74) is 4.89. The molecular weight excluding hydrogens is 280 g/mol. The Hall–Kier alpha value is -2.33. The van der Waals surface area contributed by atoms with Crippen molar-refractivity contribution in [3.63, 3.8) is 0 Å². The van der Waals surface area contributed by atoms with E-state index in [1.165, 1.54) is 0 Å². The maximum absolute atomic E-state index is 11.1. The van der Waals surface area contributed by atoms with Crippen LogP contribution in [0.15, 0.2) is 24.3 Å². The van der Waals surface area contributed by atoms with E-state index in [9.17, 15) is 9.90 Å². The molecule has 0 amide bonds. The van der Waals surface area contributed by atoms with Crippen molar-refractivity contribution >= 4 is 5.97 Å². The normalized spacial score (nSPS) is 15.7. The summed E-state index contributed by atoms with van der Waals surface area (Å²) in [6.07, 6.45) is -0.929. The number of hydrogen-bond donors (Lipinski definition) is 2. The molecule has 2 aromatic rings. The van der Waals surface area contributed by atoms with Crippen LogP contribution in [-0.2, 0) is 11.2 Å². The molecule has 22 heavy (non-hydrogen) atoms. The molecule has 0 bridgehead atoms. The fourth-order valence-electron chi connectivity index (χ4n) is 2.93. The van der Waals surface area contributed by atoms with Crippen LogP contribution < -0.4 is 4.74 Å². The van der Waals surface area contributed by atoms with E-state index < -0.39 is 12.1 Å². The molecule has 1 unspecified atom stereocenters. The number of benzene rings is 2. The highest BCUT2D eigenvalue weighted by Gasteiger charge is 2.29. The van der Waals surface area contributed by atoms with E-state index in [1.54, 1.807) is 6.07 Å². The van der Waals surface area contributed by atoms with Gasteiger partial charge in [0.2, 0.25) is 0 Å². The number of aliphatic hydroxyl groups excluding tert-OH is 1. The topological polar surface area (TPSA) is 66.8 Å². The van der Waals surface area contributed by atoms with Gasteiger partial charge in [0.25, 0.3) is 0 Å².